The van der Waals surface area contributed by atoms with Gasteiger partial charge in [-0.2, -0.15) is 14.2 Å². The van der Waals surface area contributed by atoms with E-state index < -0.39 is 11.0 Å². The molecule has 0 saturated carbocycles. The number of unbranched alkanes of at least 4 members (excludes halogenated alkanes) is 1. The van der Waals surface area contributed by atoms with Gasteiger partial charge in [-0.3, -0.25) is 4.68 Å². The minimum Gasteiger partial charge on any atom is -0.251 e. The molecular formula is C41H47FN4+2. The van der Waals surface area contributed by atoms with E-state index in [2.05, 4.69) is 130 Å². The molecule has 0 fully saturated rings. The summed E-state index contributed by atoms with van der Waals surface area (Å²) >= 11 is 0. The van der Waals surface area contributed by atoms with Gasteiger partial charge in [0.05, 0.1) is 16.6 Å². The third kappa shape index (κ3) is 3.47. The van der Waals surface area contributed by atoms with Gasteiger partial charge in [0.1, 0.15) is 18.1 Å². The normalized spacial score (nSPS) is 19.8. The number of nitrogens with zero attached hydrogens (tertiary/aromatic N) is 4. The summed E-state index contributed by atoms with van der Waals surface area (Å²) < 4.78 is 24.0. The van der Waals surface area contributed by atoms with Crippen LogP contribution < -0.4 is 9.13 Å². The van der Waals surface area contributed by atoms with Gasteiger partial charge in [0, 0.05) is 53.0 Å². The summed E-state index contributed by atoms with van der Waals surface area (Å²) in [6.07, 6.45) is 9.78. The predicted molar refractivity (Wildman–Crippen MR) is 182 cm³/mol. The summed E-state index contributed by atoms with van der Waals surface area (Å²) in [5.74, 6) is -0.114. The highest BCUT2D eigenvalue weighted by Crippen LogP contribution is 2.58. The second-order valence-corrected chi connectivity index (χ2v) is 15.6. The summed E-state index contributed by atoms with van der Waals surface area (Å²) in [5, 5.41) is 7.87. The highest BCUT2D eigenvalue weighted by Gasteiger charge is 2.72. The lowest BCUT2D eigenvalue weighted by molar-refractivity contribution is -0.869. The number of aromatic nitrogens is 4. The van der Waals surface area contributed by atoms with Gasteiger partial charge in [0.25, 0.3) is 5.54 Å². The van der Waals surface area contributed by atoms with Crippen LogP contribution in [0.3, 0.4) is 0 Å². The van der Waals surface area contributed by atoms with Gasteiger partial charge in [-0.25, -0.2) is 4.39 Å². The van der Waals surface area contributed by atoms with E-state index in [0.717, 1.165) is 60.3 Å². The standard InChI is InChI=1S/C41H47FN4/c1-9-12-15-26-22-27-19-21-45-37-34(27)29(23-26)39(7,8)36-30(42)18-17-28(35(36)37)41(40(45,10-2)11-3)25-46-32(24-33(43-46)38(4,5)6)31-16-13-14-20-44(31)41/h13-14,16-24H,9-12,15,25H2,1-8H3/q+2. The molecule has 1 aliphatic carbocycles. The van der Waals surface area contributed by atoms with Crippen molar-refractivity contribution < 1.29 is 13.5 Å². The molecule has 0 radical (unpaired) electrons. The second-order valence-electron chi connectivity index (χ2n) is 15.6. The monoisotopic (exact) mass is 614 g/mol. The van der Waals surface area contributed by atoms with Crippen molar-refractivity contribution in [2.45, 2.75) is 116 Å². The first kappa shape index (κ1) is 29.5. The zero-order chi connectivity index (χ0) is 32.4. The highest BCUT2D eigenvalue weighted by molar-refractivity contribution is 6.01. The molecule has 1 atom stereocenters. The molecule has 2 aromatic carbocycles. The average molecular weight is 615 g/mol. The zero-order valence-corrected chi connectivity index (χ0v) is 28.8. The van der Waals surface area contributed by atoms with Crippen LogP contribution in [0.1, 0.15) is 109 Å². The molecule has 4 nitrogen and oxygen atoms in total. The van der Waals surface area contributed by atoms with Crippen molar-refractivity contribution in [2.75, 3.05) is 0 Å². The Morgan fingerprint density at radius 2 is 1.70 bits per heavy atom. The molecule has 5 aromatic rings. The maximum absolute atomic E-state index is 16.6. The van der Waals surface area contributed by atoms with E-state index in [1.54, 1.807) is 6.07 Å². The molecule has 2 aliphatic heterocycles. The number of benzene rings is 2. The zero-order valence-electron chi connectivity index (χ0n) is 28.8. The van der Waals surface area contributed by atoms with E-state index in [1.165, 1.54) is 33.2 Å². The Morgan fingerprint density at radius 3 is 2.41 bits per heavy atom. The number of hydrogen-bond donors (Lipinski definition) is 0. The van der Waals surface area contributed by atoms with Gasteiger partial charge in [-0.1, -0.05) is 73.9 Å². The molecule has 5 heterocycles. The van der Waals surface area contributed by atoms with Crippen LogP contribution >= 0.6 is 0 Å². The molecular weight excluding hydrogens is 567 g/mol. The van der Waals surface area contributed by atoms with Crippen molar-refractivity contribution >= 4 is 10.8 Å². The smallest absolute Gasteiger partial charge is 0.251 e. The highest BCUT2D eigenvalue weighted by atomic mass is 19.1. The van der Waals surface area contributed by atoms with Crippen molar-refractivity contribution in [3.63, 3.8) is 0 Å². The lowest BCUT2D eigenvalue weighted by Crippen LogP contribution is -2.81. The average Bonchev–Trinajstić information content (AvgIpc) is 3.48. The van der Waals surface area contributed by atoms with Gasteiger partial charge in [0.15, 0.2) is 12.4 Å². The quantitative estimate of drug-likeness (QED) is 0.182. The molecule has 46 heavy (non-hydrogen) atoms. The first-order valence-corrected chi connectivity index (χ1v) is 17.4. The summed E-state index contributed by atoms with van der Waals surface area (Å²) in [4.78, 5) is 0. The van der Waals surface area contributed by atoms with E-state index in [0.29, 0.717) is 6.54 Å². The second kappa shape index (κ2) is 9.59. The first-order chi connectivity index (χ1) is 21.9. The van der Waals surface area contributed by atoms with Gasteiger partial charge in [0.2, 0.25) is 16.9 Å². The molecule has 1 unspecified atom stereocenters. The summed E-state index contributed by atoms with van der Waals surface area (Å²) in [6, 6.07) is 19.8. The summed E-state index contributed by atoms with van der Waals surface area (Å²) in [6.45, 7) is 18.8. The van der Waals surface area contributed by atoms with E-state index in [1.807, 2.05) is 0 Å². The fourth-order valence-corrected chi connectivity index (χ4v) is 9.61. The van der Waals surface area contributed by atoms with E-state index in [-0.39, 0.29) is 16.8 Å². The van der Waals surface area contributed by atoms with Crippen LogP contribution in [-0.2, 0) is 34.9 Å². The van der Waals surface area contributed by atoms with Gasteiger partial charge in [-0.05, 0) is 53.6 Å². The predicted octanol–water partition coefficient (Wildman–Crippen LogP) is 8.65. The minimum atomic E-state index is -0.543. The SMILES string of the molecule is CCCCc1cc2c3c4[n+](ccc3c1)C(CC)(CC)C1(Cn3nc(C(C)(C)C)cc3-c3cccc[n+]31)c1ccc(F)c(c1-4)C2(C)C. The van der Waals surface area contributed by atoms with Crippen LogP contribution in [0.25, 0.3) is 33.4 Å². The summed E-state index contributed by atoms with van der Waals surface area (Å²) in [7, 11) is 0. The van der Waals surface area contributed by atoms with E-state index in [9.17, 15) is 0 Å². The third-order valence-electron chi connectivity index (χ3n) is 11.9. The Labute approximate surface area is 272 Å². The molecule has 3 aliphatic rings. The van der Waals surface area contributed by atoms with Crippen LogP contribution in [0.2, 0.25) is 0 Å². The van der Waals surface area contributed by atoms with Crippen LogP contribution in [0.15, 0.2) is 67.0 Å². The molecule has 1 spiro atoms. The number of rotatable bonds is 5. The number of halogens is 1. The lowest BCUT2D eigenvalue weighted by atomic mass is 9.59. The first-order valence-electron chi connectivity index (χ1n) is 17.4. The van der Waals surface area contributed by atoms with Crippen molar-refractivity contribution in [1.29, 1.82) is 0 Å². The van der Waals surface area contributed by atoms with Gasteiger partial charge >= 0.3 is 0 Å². The number of hydrogen-bond acceptors (Lipinski definition) is 1. The van der Waals surface area contributed by atoms with Gasteiger partial charge < -0.3 is 0 Å². The maximum atomic E-state index is 16.6. The van der Waals surface area contributed by atoms with Crippen LogP contribution in [-0.4, -0.2) is 9.78 Å². The molecule has 0 amide bonds. The molecule has 8 rings (SSSR count). The van der Waals surface area contributed by atoms with Crippen LogP contribution in [0, 0.1) is 5.82 Å². The van der Waals surface area contributed by atoms with E-state index >= 15 is 4.39 Å². The Bertz CT molecular complexity index is 2070. The topological polar surface area (TPSA) is 25.6 Å². The van der Waals surface area contributed by atoms with Crippen molar-refractivity contribution in [3.05, 3.63) is 101 Å². The third-order valence-corrected chi connectivity index (χ3v) is 11.9. The molecule has 5 heteroatoms. The summed E-state index contributed by atoms with van der Waals surface area (Å²) in [5.41, 5.74) is 8.83. The van der Waals surface area contributed by atoms with Crippen molar-refractivity contribution in [3.8, 4) is 22.6 Å². The Morgan fingerprint density at radius 1 is 0.913 bits per heavy atom. The Kier molecular flexibility index (Phi) is 6.16. The largest absolute Gasteiger partial charge is 0.277 e. The number of aryl methyl sites for hydroxylation is 1. The van der Waals surface area contributed by atoms with Crippen LogP contribution in [0.5, 0.6) is 0 Å². The lowest BCUT2D eigenvalue weighted by Gasteiger charge is -2.49. The molecule has 236 valence electrons. The van der Waals surface area contributed by atoms with Crippen molar-refractivity contribution in [2.24, 2.45) is 0 Å². The Hall–Kier alpha value is -3.86. The fraction of sp³-hybridized carbons (Fsp3) is 0.439. The molecule has 3 aromatic heterocycles. The van der Waals surface area contributed by atoms with Crippen LogP contribution in [0.4, 0.5) is 4.39 Å². The molecule has 0 N–H and O–H groups in total. The Balaban J connectivity index is 1.54. The van der Waals surface area contributed by atoms with Gasteiger partial charge in [-0.15, -0.1) is 0 Å². The van der Waals surface area contributed by atoms with E-state index in [4.69, 9.17) is 5.10 Å². The molecule has 0 bridgehead atoms. The fourth-order valence-electron chi connectivity index (χ4n) is 9.61. The number of pyridine rings is 2. The molecule has 0 saturated heterocycles. The van der Waals surface area contributed by atoms with Crippen molar-refractivity contribution in [1.82, 2.24) is 9.78 Å². The maximum Gasteiger partial charge on any atom is 0.277 e. The number of fused-ring (bicyclic) bond motifs is 5. The minimum absolute atomic E-state index is 0.0814.